The molecule has 0 aromatic heterocycles. The number of hydrogen-bond acceptors (Lipinski definition) is 3. The van der Waals surface area contributed by atoms with Gasteiger partial charge in [0.05, 0.1) is 12.7 Å². The van der Waals surface area contributed by atoms with E-state index in [0.29, 0.717) is 52.4 Å². The summed E-state index contributed by atoms with van der Waals surface area (Å²) < 4.78 is 0. The highest BCUT2D eigenvalue weighted by molar-refractivity contribution is 5.94. The molecule has 3 nitrogen and oxygen atoms in total. The zero-order valence-corrected chi connectivity index (χ0v) is 19.5. The van der Waals surface area contributed by atoms with Crippen LogP contribution in [0.5, 0.6) is 0 Å². The Morgan fingerprint density at radius 3 is 2.53 bits per heavy atom. The summed E-state index contributed by atoms with van der Waals surface area (Å²) >= 11 is 0. The number of carbonyl (C=O) groups excluding carboxylic acids is 1. The first kappa shape index (κ1) is 22.5. The molecule has 4 fully saturated rings. The predicted octanol–water partition coefficient (Wildman–Crippen LogP) is 5.54. The van der Waals surface area contributed by atoms with E-state index in [-0.39, 0.29) is 18.5 Å². The molecule has 4 aliphatic rings. The molecule has 170 valence electrons. The lowest BCUT2D eigenvalue weighted by Crippen LogP contribution is -2.57. The molecule has 0 heterocycles. The lowest BCUT2D eigenvalue weighted by molar-refractivity contribution is -0.164. The van der Waals surface area contributed by atoms with E-state index in [4.69, 9.17) is 0 Å². The number of aliphatic hydroxyl groups excluding tert-OH is 2. The molecule has 2 N–H and O–H groups in total. The van der Waals surface area contributed by atoms with Crippen LogP contribution in [0.2, 0.25) is 0 Å². The highest BCUT2D eigenvalue weighted by Gasteiger charge is 2.62. The minimum Gasteiger partial charge on any atom is -0.393 e. The molecule has 0 aliphatic heterocycles. The van der Waals surface area contributed by atoms with Crippen LogP contribution in [0.4, 0.5) is 0 Å². The first-order valence-electron chi connectivity index (χ1n) is 12.7. The van der Waals surface area contributed by atoms with Crippen molar-refractivity contribution in [3.05, 3.63) is 12.2 Å². The molecule has 30 heavy (non-hydrogen) atoms. The van der Waals surface area contributed by atoms with E-state index >= 15 is 0 Å². The summed E-state index contributed by atoms with van der Waals surface area (Å²) in [5, 5.41) is 20.5. The highest BCUT2D eigenvalue weighted by Crippen LogP contribution is 2.68. The molecular weight excluding hydrogens is 372 g/mol. The van der Waals surface area contributed by atoms with Crippen LogP contribution < -0.4 is 0 Å². The van der Waals surface area contributed by atoms with Crippen LogP contribution in [0.1, 0.15) is 91.4 Å². The number of ketones is 1. The van der Waals surface area contributed by atoms with Crippen molar-refractivity contribution < 1.29 is 15.0 Å². The summed E-state index contributed by atoms with van der Waals surface area (Å²) in [5.41, 5.74) is 1.10. The summed E-state index contributed by atoms with van der Waals surface area (Å²) in [6.07, 6.45) is 12.8. The molecule has 0 saturated heterocycles. The van der Waals surface area contributed by atoms with E-state index in [2.05, 4.69) is 27.4 Å². The van der Waals surface area contributed by atoms with Crippen molar-refractivity contribution in [3.8, 4) is 0 Å². The normalized spacial score (nSPS) is 46.4. The standard InChI is InChI=1S/C27H44O3/c1-17(8-11-23(29)18(2)16-28)20-9-10-21-25-22(12-14-27(20,21)4)26(3)13-6-5-7-19(26)15-24(25)30/h17,19-22,24-25,28,30H,2,5-16H2,1,3-4H3/t17-,19?,20-,21+,22+,24-,25+,26+,27-/m1/s1. The van der Waals surface area contributed by atoms with E-state index in [9.17, 15) is 15.0 Å². The minimum absolute atomic E-state index is 0.0201. The zero-order chi connectivity index (χ0) is 21.7. The van der Waals surface area contributed by atoms with Gasteiger partial charge in [-0.2, -0.15) is 0 Å². The number of rotatable bonds is 6. The summed E-state index contributed by atoms with van der Waals surface area (Å²) in [7, 11) is 0. The van der Waals surface area contributed by atoms with Crippen molar-refractivity contribution >= 4 is 5.78 Å². The average Bonchev–Trinajstić information content (AvgIpc) is 3.08. The van der Waals surface area contributed by atoms with Crippen molar-refractivity contribution in [2.45, 2.75) is 97.5 Å². The Kier molecular flexibility index (Phi) is 6.27. The van der Waals surface area contributed by atoms with Crippen molar-refractivity contribution in [1.29, 1.82) is 0 Å². The molecule has 0 spiro atoms. The molecule has 0 amide bonds. The van der Waals surface area contributed by atoms with Crippen molar-refractivity contribution in [2.24, 2.45) is 46.3 Å². The van der Waals surface area contributed by atoms with Gasteiger partial charge in [0.2, 0.25) is 0 Å². The van der Waals surface area contributed by atoms with Gasteiger partial charge in [0.15, 0.2) is 5.78 Å². The maximum absolute atomic E-state index is 12.2. The van der Waals surface area contributed by atoms with Gasteiger partial charge in [-0.3, -0.25) is 4.79 Å². The molecule has 4 saturated carbocycles. The lowest BCUT2D eigenvalue weighted by atomic mass is 9.44. The molecule has 0 bridgehead atoms. The topological polar surface area (TPSA) is 57.5 Å². The summed E-state index contributed by atoms with van der Waals surface area (Å²) in [6, 6.07) is 0. The van der Waals surface area contributed by atoms with Crippen molar-refractivity contribution in [2.75, 3.05) is 6.61 Å². The SMILES string of the molecule is C=C(CO)C(=O)CC[C@@H](C)[C@H]1CC[C@H]2[C@@H]3[C@H](O)CC4CCCC[C@]4(C)[C@H]3CC[C@]12C. The Morgan fingerprint density at radius 2 is 1.80 bits per heavy atom. The molecule has 3 heteroatoms. The summed E-state index contributed by atoms with van der Waals surface area (Å²) in [4.78, 5) is 12.2. The van der Waals surface area contributed by atoms with Gasteiger partial charge >= 0.3 is 0 Å². The fraction of sp³-hybridized carbons (Fsp3) is 0.889. The molecule has 4 aliphatic carbocycles. The smallest absolute Gasteiger partial charge is 0.160 e. The van der Waals surface area contributed by atoms with Gasteiger partial charge in [-0.25, -0.2) is 0 Å². The highest BCUT2D eigenvalue weighted by atomic mass is 16.3. The summed E-state index contributed by atoms with van der Waals surface area (Å²) in [6.45, 7) is 10.9. The van der Waals surface area contributed by atoms with Crippen LogP contribution in [0.25, 0.3) is 0 Å². The Balaban J connectivity index is 1.49. The van der Waals surface area contributed by atoms with E-state index in [1.165, 1.54) is 51.4 Å². The molecule has 9 atom stereocenters. The number of fused-ring (bicyclic) bond motifs is 5. The van der Waals surface area contributed by atoms with Gasteiger partial charge in [0.25, 0.3) is 0 Å². The second-order valence-corrected chi connectivity index (χ2v) is 12.0. The number of hydrogen-bond donors (Lipinski definition) is 2. The van der Waals surface area contributed by atoms with Crippen LogP contribution in [0.15, 0.2) is 12.2 Å². The average molecular weight is 417 g/mol. The van der Waals surface area contributed by atoms with Gasteiger partial charge in [-0.1, -0.05) is 40.2 Å². The number of Topliss-reactive ketones (excluding diaryl/α,β-unsaturated/α-hetero) is 1. The van der Waals surface area contributed by atoms with Gasteiger partial charge in [0, 0.05) is 12.0 Å². The van der Waals surface area contributed by atoms with Gasteiger partial charge in [-0.05, 0) is 97.7 Å². The monoisotopic (exact) mass is 416 g/mol. The Morgan fingerprint density at radius 1 is 1.07 bits per heavy atom. The quantitative estimate of drug-likeness (QED) is 0.559. The maximum atomic E-state index is 12.2. The van der Waals surface area contributed by atoms with E-state index in [0.717, 1.165) is 18.8 Å². The maximum Gasteiger partial charge on any atom is 0.160 e. The lowest BCUT2D eigenvalue weighted by Gasteiger charge is -2.62. The van der Waals surface area contributed by atoms with Crippen LogP contribution in [-0.2, 0) is 4.79 Å². The zero-order valence-electron chi connectivity index (χ0n) is 19.5. The van der Waals surface area contributed by atoms with Crippen LogP contribution >= 0.6 is 0 Å². The number of carbonyl (C=O) groups is 1. The summed E-state index contributed by atoms with van der Waals surface area (Å²) in [5.74, 6) is 3.72. The third-order valence-electron chi connectivity index (χ3n) is 10.8. The van der Waals surface area contributed by atoms with Gasteiger partial charge in [-0.15, -0.1) is 0 Å². The Labute approximate surface area is 183 Å². The van der Waals surface area contributed by atoms with Crippen molar-refractivity contribution in [1.82, 2.24) is 0 Å². The second-order valence-electron chi connectivity index (χ2n) is 12.0. The third-order valence-corrected chi connectivity index (χ3v) is 10.8. The van der Waals surface area contributed by atoms with Gasteiger partial charge < -0.3 is 10.2 Å². The third kappa shape index (κ3) is 3.52. The van der Waals surface area contributed by atoms with E-state index in [1.54, 1.807) is 0 Å². The fourth-order valence-corrected chi connectivity index (χ4v) is 9.06. The van der Waals surface area contributed by atoms with E-state index < -0.39 is 0 Å². The molecule has 0 radical (unpaired) electrons. The molecule has 1 unspecified atom stereocenters. The Bertz CT molecular complexity index is 671. The van der Waals surface area contributed by atoms with Crippen LogP contribution in [0, 0.1) is 46.3 Å². The molecule has 0 aromatic rings. The molecule has 0 aromatic carbocycles. The van der Waals surface area contributed by atoms with Crippen LogP contribution in [-0.4, -0.2) is 28.7 Å². The van der Waals surface area contributed by atoms with Crippen LogP contribution in [0.3, 0.4) is 0 Å². The minimum atomic E-state index is -0.225. The molecular formula is C27H44O3. The largest absolute Gasteiger partial charge is 0.393 e. The predicted molar refractivity (Wildman–Crippen MR) is 121 cm³/mol. The van der Waals surface area contributed by atoms with Gasteiger partial charge in [0.1, 0.15) is 0 Å². The fourth-order valence-electron chi connectivity index (χ4n) is 9.06. The van der Waals surface area contributed by atoms with Crippen molar-refractivity contribution in [3.63, 3.8) is 0 Å². The first-order valence-corrected chi connectivity index (χ1v) is 12.7. The molecule has 4 rings (SSSR count). The number of aliphatic hydroxyl groups is 2. The Hall–Kier alpha value is -0.670. The van der Waals surface area contributed by atoms with E-state index in [1.807, 2.05) is 0 Å². The second kappa shape index (κ2) is 8.35. The first-order chi connectivity index (χ1) is 14.2.